The van der Waals surface area contributed by atoms with Crippen molar-refractivity contribution in [3.05, 3.63) is 76.5 Å². The van der Waals surface area contributed by atoms with E-state index >= 15 is 0 Å². The molecule has 0 unspecified atom stereocenters. The van der Waals surface area contributed by atoms with E-state index in [-0.39, 0.29) is 28.1 Å². The monoisotopic (exact) mass is 474 g/mol. The predicted octanol–water partition coefficient (Wildman–Crippen LogP) is 5.92. The van der Waals surface area contributed by atoms with Crippen LogP contribution in [0.5, 0.6) is 5.75 Å². The topological polar surface area (TPSA) is 102 Å². The number of thiophene rings is 1. The van der Waals surface area contributed by atoms with Crippen molar-refractivity contribution in [3.63, 3.8) is 0 Å². The van der Waals surface area contributed by atoms with Crippen LogP contribution in [0, 0.1) is 0 Å². The normalized spacial score (nSPS) is 11.2. The molecular weight excluding hydrogens is 461 g/mol. The van der Waals surface area contributed by atoms with Crippen LogP contribution in [0.15, 0.2) is 69.9 Å². The molecule has 168 valence electrons. The van der Waals surface area contributed by atoms with Crippen LogP contribution >= 0.6 is 11.3 Å². The molecule has 2 aromatic heterocycles. The number of hydrogen-bond acceptors (Lipinski definition) is 6. The third kappa shape index (κ3) is 4.88. The molecule has 0 atom stereocenters. The van der Waals surface area contributed by atoms with Gasteiger partial charge < -0.3 is 14.4 Å². The Morgan fingerprint density at radius 3 is 2.42 bits per heavy atom. The molecule has 0 aliphatic carbocycles. The fraction of sp³-hybridized carbons (Fsp3) is 0.0455. The van der Waals surface area contributed by atoms with Crippen molar-refractivity contribution in [1.29, 1.82) is 0 Å². The molecule has 11 heteroatoms. The second-order valence-corrected chi connectivity index (χ2v) is 7.40. The number of amides is 1. The maximum Gasteiger partial charge on any atom is 0.573 e. The zero-order chi connectivity index (χ0) is 23.6. The molecule has 2 aromatic carbocycles. The smallest absolute Gasteiger partial charge is 0.478 e. The van der Waals surface area contributed by atoms with E-state index < -0.39 is 24.0 Å². The summed E-state index contributed by atoms with van der Waals surface area (Å²) in [4.78, 5) is 24.5. The van der Waals surface area contributed by atoms with Gasteiger partial charge in [0.15, 0.2) is 0 Å². The number of rotatable bonds is 6. The highest BCUT2D eigenvalue weighted by molar-refractivity contribution is 7.08. The molecule has 0 bridgehead atoms. The van der Waals surface area contributed by atoms with E-state index in [2.05, 4.69) is 15.2 Å². The molecule has 7 nitrogen and oxygen atoms in total. The molecule has 2 heterocycles. The first-order valence-corrected chi connectivity index (χ1v) is 10.2. The number of carboxylic acids is 1. The molecule has 33 heavy (non-hydrogen) atoms. The van der Waals surface area contributed by atoms with Gasteiger partial charge in [0.05, 0.1) is 11.1 Å². The molecule has 4 aromatic rings. The van der Waals surface area contributed by atoms with Crippen LogP contribution in [0.1, 0.15) is 20.7 Å². The fourth-order valence-corrected chi connectivity index (χ4v) is 3.73. The van der Waals surface area contributed by atoms with Crippen molar-refractivity contribution >= 4 is 29.1 Å². The first-order chi connectivity index (χ1) is 15.7. The van der Waals surface area contributed by atoms with E-state index in [1.165, 1.54) is 17.4 Å². The molecule has 0 radical (unpaired) electrons. The number of carboxylic acid groups (broad SMARTS) is 1. The standard InChI is InChI=1S/C22H13F3N2O5S/c23-22(24,25)31-14-7-5-12(6-8-14)19(28)26-20-17(15-3-1-2-4-16(15)21(29)30)18(27-32-20)13-9-10-33-11-13/h1-11H,(H,26,28)(H,29,30). The number of anilines is 1. The lowest BCUT2D eigenvalue weighted by atomic mass is 9.97. The third-order valence-corrected chi connectivity index (χ3v) is 5.17. The number of aromatic nitrogens is 1. The SMILES string of the molecule is O=C(Nc1onc(-c2ccsc2)c1-c1ccccc1C(=O)O)c1ccc(OC(F)(F)F)cc1. The summed E-state index contributed by atoms with van der Waals surface area (Å²) in [6.07, 6.45) is -4.85. The summed E-state index contributed by atoms with van der Waals surface area (Å²) in [5.74, 6) is -2.46. The van der Waals surface area contributed by atoms with Crippen molar-refractivity contribution in [3.8, 4) is 28.1 Å². The van der Waals surface area contributed by atoms with Crippen molar-refractivity contribution < 1.29 is 37.1 Å². The number of nitrogens with one attached hydrogen (secondary N) is 1. The minimum Gasteiger partial charge on any atom is -0.478 e. The summed E-state index contributed by atoms with van der Waals surface area (Å²) in [7, 11) is 0. The number of nitrogens with zero attached hydrogens (tertiary/aromatic N) is 1. The van der Waals surface area contributed by atoms with E-state index in [1.54, 1.807) is 35.0 Å². The quantitative estimate of drug-likeness (QED) is 0.360. The Bertz CT molecular complexity index is 1300. The van der Waals surface area contributed by atoms with Crippen molar-refractivity contribution in [2.45, 2.75) is 6.36 Å². The van der Waals surface area contributed by atoms with Gasteiger partial charge in [-0.1, -0.05) is 23.4 Å². The summed E-state index contributed by atoms with van der Waals surface area (Å²) < 4.78 is 46.2. The zero-order valence-electron chi connectivity index (χ0n) is 16.4. The van der Waals surface area contributed by atoms with Crippen LogP contribution in [0.25, 0.3) is 22.4 Å². The van der Waals surface area contributed by atoms with Gasteiger partial charge in [-0.25, -0.2) is 4.79 Å². The summed E-state index contributed by atoms with van der Waals surface area (Å²) in [5.41, 5.74) is 1.52. The molecule has 2 N–H and O–H groups in total. The Morgan fingerprint density at radius 2 is 1.79 bits per heavy atom. The van der Waals surface area contributed by atoms with Gasteiger partial charge in [0.1, 0.15) is 11.4 Å². The van der Waals surface area contributed by atoms with E-state index in [9.17, 15) is 27.9 Å². The first-order valence-electron chi connectivity index (χ1n) is 9.25. The minimum absolute atomic E-state index is 0.0236. The summed E-state index contributed by atoms with van der Waals surface area (Å²) in [6.45, 7) is 0. The van der Waals surface area contributed by atoms with Crippen LogP contribution in [0.4, 0.5) is 19.1 Å². The molecule has 0 fully saturated rings. The van der Waals surface area contributed by atoms with Crippen molar-refractivity contribution in [2.24, 2.45) is 0 Å². The van der Waals surface area contributed by atoms with Crippen LogP contribution in [-0.2, 0) is 0 Å². The maximum absolute atomic E-state index is 12.7. The maximum atomic E-state index is 12.7. The van der Waals surface area contributed by atoms with Crippen molar-refractivity contribution in [2.75, 3.05) is 5.32 Å². The van der Waals surface area contributed by atoms with E-state index in [0.29, 0.717) is 11.3 Å². The van der Waals surface area contributed by atoms with Gasteiger partial charge in [0, 0.05) is 22.1 Å². The molecule has 0 aliphatic rings. The van der Waals surface area contributed by atoms with E-state index in [1.807, 2.05) is 0 Å². The number of halogens is 3. The van der Waals surface area contributed by atoms with Crippen molar-refractivity contribution in [1.82, 2.24) is 5.16 Å². The Labute approximate surface area is 188 Å². The Hall–Kier alpha value is -4.12. The summed E-state index contributed by atoms with van der Waals surface area (Å²) in [6, 6.07) is 12.2. The molecule has 0 aliphatic heterocycles. The average Bonchev–Trinajstić information content (AvgIpc) is 3.43. The highest BCUT2D eigenvalue weighted by atomic mass is 32.1. The molecule has 1 amide bonds. The van der Waals surface area contributed by atoms with E-state index in [0.717, 1.165) is 24.3 Å². The number of ether oxygens (including phenoxy) is 1. The number of benzene rings is 2. The van der Waals surface area contributed by atoms with Gasteiger partial charge in [-0.3, -0.25) is 10.1 Å². The van der Waals surface area contributed by atoms with Crippen LogP contribution in [-0.4, -0.2) is 28.5 Å². The molecule has 0 spiro atoms. The third-order valence-electron chi connectivity index (χ3n) is 4.49. The van der Waals surface area contributed by atoms with Crippen LogP contribution in [0.3, 0.4) is 0 Å². The highest BCUT2D eigenvalue weighted by Crippen LogP contribution is 2.40. The Kier molecular flexibility index (Phi) is 5.88. The van der Waals surface area contributed by atoms with Gasteiger partial charge in [0.2, 0.25) is 5.88 Å². The molecular formula is C22H13F3N2O5S. The van der Waals surface area contributed by atoms with Gasteiger partial charge in [0.25, 0.3) is 5.91 Å². The molecule has 4 rings (SSSR count). The Balaban J connectivity index is 1.71. The lowest BCUT2D eigenvalue weighted by molar-refractivity contribution is -0.274. The van der Waals surface area contributed by atoms with E-state index in [4.69, 9.17) is 4.52 Å². The number of hydrogen-bond donors (Lipinski definition) is 2. The first kappa shape index (κ1) is 22.1. The lowest BCUT2D eigenvalue weighted by Gasteiger charge is -2.10. The lowest BCUT2D eigenvalue weighted by Crippen LogP contribution is -2.17. The zero-order valence-corrected chi connectivity index (χ0v) is 17.2. The average molecular weight is 474 g/mol. The number of alkyl halides is 3. The minimum atomic E-state index is -4.85. The predicted molar refractivity (Wildman–Crippen MR) is 113 cm³/mol. The summed E-state index contributed by atoms with van der Waals surface area (Å²) in [5, 5.41) is 19.7. The largest absolute Gasteiger partial charge is 0.573 e. The van der Waals surface area contributed by atoms with Gasteiger partial charge >= 0.3 is 12.3 Å². The van der Waals surface area contributed by atoms with Crippen LogP contribution in [0.2, 0.25) is 0 Å². The molecule has 0 saturated carbocycles. The van der Waals surface area contributed by atoms with Gasteiger partial charge in [-0.2, -0.15) is 11.3 Å². The number of carbonyl (C=O) groups is 2. The number of carbonyl (C=O) groups excluding carboxylic acids is 1. The van der Waals surface area contributed by atoms with Gasteiger partial charge in [-0.15, -0.1) is 13.2 Å². The second-order valence-electron chi connectivity index (χ2n) is 6.62. The highest BCUT2D eigenvalue weighted by Gasteiger charge is 2.31. The summed E-state index contributed by atoms with van der Waals surface area (Å²) >= 11 is 1.40. The second kappa shape index (κ2) is 8.79. The fourth-order valence-electron chi connectivity index (χ4n) is 3.09. The molecule has 0 saturated heterocycles. The Morgan fingerprint density at radius 1 is 1.06 bits per heavy atom. The van der Waals surface area contributed by atoms with Gasteiger partial charge in [-0.05, 0) is 41.8 Å². The van der Waals surface area contributed by atoms with Crippen LogP contribution < -0.4 is 10.1 Å². The number of aromatic carboxylic acids is 1.